The van der Waals surface area contributed by atoms with Crippen LogP contribution in [0.2, 0.25) is 0 Å². The molecule has 1 aliphatic carbocycles. The number of hydrogen-bond donors (Lipinski definition) is 2. The summed E-state index contributed by atoms with van der Waals surface area (Å²) in [6.07, 6.45) is 4.63. The second-order valence-electron chi connectivity index (χ2n) is 5.20. The maximum absolute atomic E-state index is 11.7. The van der Waals surface area contributed by atoms with Crippen molar-refractivity contribution in [2.24, 2.45) is 5.92 Å². The molecule has 0 saturated heterocycles. The van der Waals surface area contributed by atoms with Gasteiger partial charge >= 0.3 is 5.97 Å². The van der Waals surface area contributed by atoms with E-state index in [9.17, 15) is 9.59 Å². The zero-order chi connectivity index (χ0) is 14.3. The molecule has 1 aliphatic rings. The number of hydrogen-bond acceptors (Lipinski definition) is 3. The monoisotopic (exact) mass is 271 g/mol. The van der Waals surface area contributed by atoms with Crippen molar-refractivity contribution < 1.29 is 19.4 Å². The molecule has 0 unspecified atom stereocenters. The van der Waals surface area contributed by atoms with Crippen molar-refractivity contribution in [1.29, 1.82) is 0 Å². The van der Waals surface area contributed by atoms with Crippen molar-refractivity contribution >= 4 is 11.9 Å². The van der Waals surface area contributed by atoms with Crippen LogP contribution in [0, 0.1) is 5.92 Å². The Morgan fingerprint density at radius 2 is 1.79 bits per heavy atom. The van der Waals surface area contributed by atoms with Gasteiger partial charge in [-0.05, 0) is 38.5 Å². The first-order chi connectivity index (χ1) is 9.06. The van der Waals surface area contributed by atoms with Crippen molar-refractivity contribution in [3.8, 4) is 0 Å². The Bertz CT molecular complexity index is 294. The molecule has 0 aromatic heterocycles. The molecule has 0 atom stereocenters. The van der Waals surface area contributed by atoms with Crippen molar-refractivity contribution in [1.82, 2.24) is 5.32 Å². The van der Waals surface area contributed by atoms with Crippen molar-refractivity contribution in [2.45, 2.75) is 64.5 Å². The van der Waals surface area contributed by atoms with E-state index >= 15 is 0 Å². The SMILES string of the molecule is CCC(CC)NC(=O)COC1CCC(C(=O)O)CC1. The summed E-state index contributed by atoms with van der Waals surface area (Å²) in [6, 6.07) is 0.221. The van der Waals surface area contributed by atoms with Gasteiger partial charge in [-0.15, -0.1) is 0 Å². The number of carbonyl (C=O) groups excluding carboxylic acids is 1. The summed E-state index contributed by atoms with van der Waals surface area (Å²) >= 11 is 0. The van der Waals surface area contributed by atoms with Crippen LogP contribution in [0.4, 0.5) is 0 Å². The topological polar surface area (TPSA) is 75.6 Å². The van der Waals surface area contributed by atoms with Gasteiger partial charge in [0.1, 0.15) is 6.61 Å². The van der Waals surface area contributed by atoms with Crippen molar-refractivity contribution in [2.75, 3.05) is 6.61 Å². The van der Waals surface area contributed by atoms with E-state index in [1.807, 2.05) is 13.8 Å². The van der Waals surface area contributed by atoms with E-state index in [4.69, 9.17) is 9.84 Å². The van der Waals surface area contributed by atoms with Crippen LogP contribution in [0.5, 0.6) is 0 Å². The smallest absolute Gasteiger partial charge is 0.306 e. The first-order valence-corrected chi connectivity index (χ1v) is 7.20. The number of nitrogens with one attached hydrogen (secondary N) is 1. The van der Waals surface area contributed by atoms with Gasteiger partial charge in [-0.25, -0.2) is 0 Å². The summed E-state index contributed by atoms with van der Waals surface area (Å²) < 4.78 is 5.56. The fourth-order valence-electron chi connectivity index (χ4n) is 2.43. The number of carboxylic acid groups (broad SMARTS) is 1. The van der Waals surface area contributed by atoms with Crippen LogP contribution in [-0.4, -0.2) is 35.7 Å². The molecule has 0 aromatic carbocycles. The summed E-state index contributed by atoms with van der Waals surface area (Å²) in [6.45, 7) is 4.17. The molecule has 1 rings (SSSR count). The van der Waals surface area contributed by atoms with Gasteiger partial charge < -0.3 is 15.2 Å². The summed E-state index contributed by atoms with van der Waals surface area (Å²) in [5, 5.41) is 11.8. The summed E-state index contributed by atoms with van der Waals surface area (Å²) in [7, 11) is 0. The van der Waals surface area contributed by atoms with Crippen molar-refractivity contribution in [3.05, 3.63) is 0 Å². The van der Waals surface area contributed by atoms with Crippen LogP contribution in [0.25, 0.3) is 0 Å². The fraction of sp³-hybridized carbons (Fsp3) is 0.857. The maximum atomic E-state index is 11.7. The molecule has 0 aromatic rings. The van der Waals surface area contributed by atoms with Gasteiger partial charge in [0.25, 0.3) is 0 Å². The zero-order valence-electron chi connectivity index (χ0n) is 11.9. The Labute approximate surface area is 114 Å². The van der Waals surface area contributed by atoms with Crippen LogP contribution in [0.1, 0.15) is 52.4 Å². The Hall–Kier alpha value is -1.10. The lowest BCUT2D eigenvalue weighted by molar-refractivity contribution is -0.144. The Morgan fingerprint density at radius 1 is 1.21 bits per heavy atom. The summed E-state index contributed by atoms with van der Waals surface area (Å²) in [4.78, 5) is 22.5. The number of aliphatic carboxylic acids is 1. The number of rotatable bonds is 7. The van der Waals surface area contributed by atoms with Crippen molar-refractivity contribution in [3.63, 3.8) is 0 Å². The number of carbonyl (C=O) groups is 2. The lowest BCUT2D eigenvalue weighted by Gasteiger charge is -2.26. The van der Waals surface area contributed by atoms with Gasteiger partial charge in [-0.3, -0.25) is 9.59 Å². The third-order valence-corrected chi connectivity index (χ3v) is 3.82. The number of carboxylic acids is 1. The molecule has 110 valence electrons. The third kappa shape index (κ3) is 5.59. The molecule has 0 radical (unpaired) electrons. The second kappa shape index (κ2) is 8.15. The van der Waals surface area contributed by atoms with Crippen LogP contribution < -0.4 is 5.32 Å². The predicted octanol–water partition coefficient (Wildman–Crippen LogP) is 1.95. The fourth-order valence-corrected chi connectivity index (χ4v) is 2.43. The highest BCUT2D eigenvalue weighted by Crippen LogP contribution is 2.26. The first-order valence-electron chi connectivity index (χ1n) is 7.20. The molecule has 5 heteroatoms. The molecule has 2 N–H and O–H groups in total. The van der Waals surface area contributed by atoms with E-state index in [2.05, 4.69) is 5.32 Å². The summed E-state index contributed by atoms with van der Waals surface area (Å²) in [5.41, 5.74) is 0. The van der Waals surface area contributed by atoms with E-state index in [0.29, 0.717) is 12.8 Å². The van der Waals surface area contributed by atoms with Gasteiger partial charge in [0.2, 0.25) is 5.91 Å². The molecule has 0 heterocycles. The molecule has 19 heavy (non-hydrogen) atoms. The maximum Gasteiger partial charge on any atom is 0.306 e. The molecule has 1 fully saturated rings. The molecular formula is C14H25NO4. The van der Waals surface area contributed by atoms with Crippen LogP contribution in [0.15, 0.2) is 0 Å². The largest absolute Gasteiger partial charge is 0.481 e. The third-order valence-electron chi connectivity index (χ3n) is 3.82. The predicted molar refractivity (Wildman–Crippen MR) is 71.8 cm³/mol. The second-order valence-corrected chi connectivity index (χ2v) is 5.20. The highest BCUT2D eigenvalue weighted by Gasteiger charge is 2.26. The molecule has 0 aliphatic heterocycles. The van der Waals surface area contributed by atoms with Crippen LogP contribution >= 0.6 is 0 Å². The average Bonchev–Trinajstić information content (AvgIpc) is 2.43. The Balaban J connectivity index is 2.20. The highest BCUT2D eigenvalue weighted by molar-refractivity contribution is 5.77. The van der Waals surface area contributed by atoms with E-state index in [-0.39, 0.29) is 30.6 Å². The molecule has 5 nitrogen and oxygen atoms in total. The van der Waals surface area contributed by atoms with E-state index in [0.717, 1.165) is 25.7 Å². The standard InChI is InChI=1S/C14H25NO4/c1-3-11(4-2)15-13(16)9-19-12-7-5-10(6-8-12)14(17)18/h10-12H,3-9H2,1-2H3,(H,15,16)(H,17,18). The lowest BCUT2D eigenvalue weighted by Crippen LogP contribution is -2.38. The minimum Gasteiger partial charge on any atom is -0.481 e. The van der Waals surface area contributed by atoms with Crippen LogP contribution in [-0.2, 0) is 14.3 Å². The summed E-state index contributed by atoms with van der Waals surface area (Å²) in [5.74, 6) is -1.03. The molecule has 1 saturated carbocycles. The van der Waals surface area contributed by atoms with Gasteiger partial charge in [-0.1, -0.05) is 13.8 Å². The Kier molecular flexibility index (Phi) is 6.84. The zero-order valence-corrected chi connectivity index (χ0v) is 11.9. The molecule has 0 spiro atoms. The number of ether oxygens (including phenoxy) is 1. The van der Waals surface area contributed by atoms with E-state index < -0.39 is 5.97 Å². The van der Waals surface area contributed by atoms with Crippen LogP contribution in [0.3, 0.4) is 0 Å². The van der Waals surface area contributed by atoms with E-state index in [1.165, 1.54) is 0 Å². The normalized spacial score (nSPS) is 23.3. The van der Waals surface area contributed by atoms with Gasteiger partial charge in [-0.2, -0.15) is 0 Å². The molecule has 1 amide bonds. The minimum atomic E-state index is -0.718. The van der Waals surface area contributed by atoms with Gasteiger partial charge in [0.05, 0.1) is 12.0 Å². The van der Waals surface area contributed by atoms with Gasteiger partial charge in [0, 0.05) is 6.04 Å². The highest BCUT2D eigenvalue weighted by atomic mass is 16.5. The minimum absolute atomic E-state index is 0.0306. The molecule has 0 bridgehead atoms. The molecular weight excluding hydrogens is 246 g/mol. The average molecular weight is 271 g/mol. The van der Waals surface area contributed by atoms with Gasteiger partial charge in [0.15, 0.2) is 0 Å². The quantitative estimate of drug-likeness (QED) is 0.742. The Morgan fingerprint density at radius 3 is 2.26 bits per heavy atom. The lowest BCUT2D eigenvalue weighted by atomic mass is 9.87. The van der Waals surface area contributed by atoms with E-state index in [1.54, 1.807) is 0 Å². The first kappa shape index (κ1) is 16.0. The number of amides is 1.